The Kier molecular flexibility index (Phi) is 5.39. The summed E-state index contributed by atoms with van der Waals surface area (Å²) in [6, 6.07) is 5.89. The molecule has 0 radical (unpaired) electrons. The molecule has 2 fully saturated rings. The number of aromatic nitrogens is 4. The summed E-state index contributed by atoms with van der Waals surface area (Å²) in [5.74, 6) is 2.02. The van der Waals surface area contributed by atoms with Gasteiger partial charge in [-0.05, 0) is 49.5 Å². The van der Waals surface area contributed by atoms with Gasteiger partial charge in [-0.1, -0.05) is 0 Å². The van der Waals surface area contributed by atoms with Gasteiger partial charge >= 0.3 is 0 Å². The van der Waals surface area contributed by atoms with Crippen LogP contribution in [0.1, 0.15) is 30.7 Å². The van der Waals surface area contributed by atoms with Crippen molar-refractivity contribution in [3.8, 4) is 11.4 Å². The van der Waals surface area contributed by atoms with Crippen molar-refractivity contribution in [3.05, 3.63) is 42.1 Å². The monoisotopic (exact) mass is 480 g/mol. The number of fused-ring (bicyclic) bond motifs is 1. The van der Waals surface area contributed by atoms with Gasteiger partial charge in [0.2, 0.25) is 10.8 Å². The number of nitrogens with one attached hydrogen (secondary N) is 1. The lowest BCUT2D eigenvalue weighted by atomic mass is 9.81. The molecule has 3 aliphatic rings. The smallest absolute Gasteiger partial charge is 0.229 e. The SMILES string of the molecule is COc1cc(Nc2nc3c(c(N4CCOCC4)n2)[S+]([O-])C2(CCC2)C3)ccc1-n1cnc(C)c1. The number of hydrogen-bond acceptors (Lipinski definition) is 8. The van der Waals surface area contributed by atoms with E-state index in [2.05, 4.69) is 15.2 Å². The molecule has 0 bridgehead atoms. The number of aryl methyl sites for hydroxylation is 1. The number of nitrogens with zero attached hydrogens (tertiary/aromatic N) is 5. The summed E-state index contributed by atoms with van der Waals surface area (Å²) in [6.45, 7) is 4.72. The molecule has 2 aromatic heterocycles. The van der Waals surface area contributed by atoms with E-state index in [1.165, 1.54) is 0 Å². The Morgan fingerprint density at radius 3 is 2.71 bits per heavy atom. The Hall–Kier alpha value is -2.82. The number of imidazole rings is 1. The second kappa shape index (κ2) is 8.44. The first kappa shape index (κ1) is 21.7. The van der Waals surface area contributed by atoms with E-state index in [0.29, 0.717) is 24.9 Å². The Balaban J connectivity index is 1.35. The van der Waals surface area contributed by atoms with E-state index in [-0.39, 0.29) is 4.75 Å². The highest BCUT2D eigenvalue weighted by Gasteiger charge is 2.57. The molecule has 178 valence electrons. The van der Waals surface area contributed by atoms with Crippen molar-refractivity contribution in [2.75, 3.05) is 43.6 Å². The zero-order chi connectivity index (χ0) is 23.3. The molecule has 1 atom stereocenters. The van der Waals surface area contributed by atoms with Gasteiger partial charge in [0.05, 0.1) is 38.0 Å². The highest BCUT2D eigenvalue weighted by molar-refractivity contribution is 7.93. The fourth-order valence-corrected chi connectivity index (χ4v) is 7.04. The number of ether oxygens (including phenoxy) is 2. The molecule has 1 aromatic carbocycles. The molecule has 3 aromatic rings. The number of benzene rings is 1. The predicted molar refractivity (Wildman–Crippen MR) is 130 cm³/mol. The van der Waals surface area contributed by atoms with E-state index in [9.17, 15) is 4.55 Å². The van der Waals surface area contributed by atoms with E-state index in [1.807, 2.05) is 35.9 Å². The van der Waals surface area contributed by atoms with Crippen molar-refractivity contribution in [2.24, 2.45) is 0 Å². The highest BCUT2D eigenvalue weighted by Crippen LogP contribution is 2.52. The van der Waals surface area contributed by atoms with Crippen molar-refractivity contribution in [1.82, 2.24) is 19.5 Å². The van der Waals surface area contributed by atoms with Gasteiger partial charge in [0.25, 0.3) is 0 Å². The Bertz CT molecular complexity index is 1220. The quantitative estimate of drug-likeness (QED) is 0.556. The lowest BCUT2D eigenvalue weighted by Gasteiger charge is -2.37. The molecule has 4 heterocycles. The minimum Gasteiger partial charge on any atom is -0.611 e. The average molecular weight is 481 g/mol. The second-order valence-electron chi connectivity index (χ2n) is 9.16. The van der Waals surface area contributed by atoms with Gasteiger partial charge in [0.1, 0.15) is 16.2 Å². The number of methoxy groups -OCH3 is 1. The third kappa shape index (κ3) is 3.60. The van der Waals surface area contributed by atoms with Crippen LogP contribution in [-0.4, -0.2) is 62.2 Å². The topological polar surface area (TPSA) is 100 Å². The molecule has 34 heavy (non-hydrogen) atoms. The molecule has 1 saturated heterocycles. The number of hydrogen-bond donors (Lipinski definition) is 1. The van der Waals surface area contributed by atoms with Gasteiger partial charge in [0, 0.05) is 37.5 Å². The van der Waals surface area contributed by atoms with Crippen molar-refractivity contribution in [1.29, 1.82) is 0 Å². The Morgan fingerprint density at radius 1 is 1.21 bits per heavy atom. The largest absolute Gasteiger partial charge is 0.611 e. The summed E-state index contributed by atoms with van der Waals surface area (Å²) in [4.78, 5) is 17.0. The first-order chi connectivity index (χ1) is 16.6. The summed E-state index contributed by atoms with van der Waals surface area (Å²) >= 11 is -1.07. The van der Waals surface area contributed by atoms with E-state index >= 15 is 0 Å². The van der Waals surface area contributed by atoms with E-state index in [4.69, 9.17) is 19.4 Å². The minimum absolute atomic E-state index is 0.148. The average Bonchev–Trinajstić information content (AvgIpc) is 3.40. The molecule has 1 aliphatic carbocycles. The predicted octanol–water partition coefficient (Wildman–Crippen LogP) is 3.15. The maximum absolute atomic E-state index is 13.5. The number of anilines is 3. The van der Waals surface area contributed by atoms with Crippen LogP contribution < -0.4 is 15.0 Å². The molecule has 1 saturated carbocycles. The van der Waals surface area contributed by atoms with Crippen LogP contribution in [0.5, 0.6) is 5.75 Å². The zero-order valence-corrected chi connectivity index (χ0v) is 20.2. The highest BCUT2D eigenvalue weighted by atomic mass is 32.2. The Morgan fingerprint density at radius 2 is 2.03 bits per heavy atom. The lowest BCUT2D eigenvalue weighted by Crippen LogP contribution is -2.43. The third-order valence-corrected chi connectivity index (χ3v) is 9.12. The van der Waals surface area contributed by atoms with Crippen LogP contribution in [0.4, 0.5) is 17.5 Å². The van der Waals surface area contributed by atoms with Crippen LogP contribution in [0.25, 0.3) is 5.69 Å². The van der Waals surface area contributed by atoms with Crippen LogP contribution in [0.3, 0.4) is 0 Å². The summed E-state index contributed by atoms with van der Waals surface area (Å²) in [5, 5.41) is 3.37. The first-order valence-corrected chi connectivity index (χ1v) is 12.8. The van der Waals surface area contributed by atoms with Crippen molar-refractivity contribution >= 4 is 28.6 Å². The zero-order valence-electron chi connectivity index (χ0n) is 19.4. The molecular formula is C24H28N6O3S. The Labute approximate surface area is 201 Å². The van der Waals surface area contributed by atoms with Gasteiger partial charge in [-0.15, -0.1) is 0 Å². The first-order valence-electron chi connectivity index (χ1n) is 11.7. The van der Waals surface area contributed by atoms with Gasteiger partial charge < -0.3 is 28.8 Å². The molecule has 1 unspecified atom stereocenters. The molecule has 9 nitrogen and oxygen atoms in total. The number of morpholine rings is 1. The molecule has 1 N–H and O–H groups in total. The number of rotatable bonds is 5. The maximum atomic E-state index is 13.5. The summed E-state index contributed by atoms with van der Waals surface area (Å²) in [6.07, 6.45) is 7.61. The molecule has 2 aliphatic heterocycles. The molecular weight excluding hydrogens is 452 g/mol. The third-order valence-electron chi connectivity index (χ3n) is 6.99. The van der Waals surface area contributed by atoms with Gasteiger partial charge in [0.15, 0.2) is 5.82 Å². The summed E-state index contributed by atoms with van der Waals surface area (Å²) in [5.41, 5.74) is 3.57. The molecule has 6 rings (SSSR count). The minimum atomic E-state index is -1.07. The van der Waals surface area contributed by atoms with E-state index < -0.39 is 11.2 Å². The van der Waals surface area contributed by atoms with Crippen molar-refractivity contribution < 1.29 is 14.0 Å². The van der Waals surface area contributed by atoms with Gasteiger partial charge in [-0.25, -0.2) is 9.97 Å². The van der Waals surface area contributed by atoms with Crippen molar-refractivity contribution in [3.63, 3.8) is 0 Å². The fourth-order valence-electron chi connectivity index (χ4n) is 5.01. The fraction of sp³-hybridized carbons (Fsp3) is 0.458. The molecule has 10 heteroatoms. The maximum Gasteiger partial charge on any atom is 0.229 e. The van der Waals surface area contributed by atoms with Crippen LogP contribution in [0.2, 0.25) is 0 Å². The van der Waals surface area contributed by atoms with Crippen LogP contribution in [0, 0.1) is 6.92 Å². The molecule has 1 spiro atoms. The summed E-state index contributed by atoms with van der Waals surface area (Å²) < 4.78 is 26.5. The van der Waals surface area contributed by atoms with Crippen LogP contribution in [-0.2, 0) is 22.3 Å². The lowest BCUT2D eigenvalue weighted by molar-refractivity contribution is 0.122. The van der Waals surface area contributed by atoms with Gasteiger partial charge in [-0.3, -0.25) is 0 Å². The van der Waals surface area contributed by atoms with Gasteiger partial charge in [-0.2, -0.15) is 4.98 Å². The normalized spacial score (nSPS) is 20.8. The van der Waals surface area contributed by atoms with Crippen LogP contribution >= 0.6 is 0 Å². The van der Waals surface area contributed by atoms with Crippen molar-refractivity contribution in [2.45, 2.75) is 42.2 Å². The van der Waals surface area contributed by atoms with E-state index in [1.54, 1.807) is 13.4 Å². The standard InChI is InChI=1S/C24H28N6O3S/c1-16-14-30(15-25-16)19-5-4-17(12-20(19)32-2)26-23-27-18-13-24(6-3-7-24)34(31)21(18)22(28-23)29-8-10-33-11-9-29/h4-5,12,14-15H,3,6-11,13H2,1-2H3,(H,26,27,28). The van der Waals surface area contributed by atoms with E-state index in [0.717, 1.165) is 72.2 Å². The van der Waals surface area contributed by atoms with Crippen LogP contribution in [0.15, 0.2) is 35.6 Å². The second-order valence-corrected chi connectivity index (χ2v) is 11.0. The summed E-state index contributed by atoms with van der Waals surface area (Å²) in [7, 11) is 1.65. The molecule has 0 amide bonds.